The summed E-state index contributed by atoms with van der Waals surface area (Å²) in [7, 11) is 8.14. The van der Waals surface area contributed by atoms with E-state index in [0.29, 0.717) is 39.9 Å². The fourth-order valence-electron chi connectivity index (χ4n) is 5.93. The third-order valence-electron chi connectivity index (χ3n) is 7.68. The molecule has 5 aromatic rings. The molecule has 0 fully saturated rings. The van der Waals surface area contributed by atoms with Crippen molar-refractivity contribution in [2.45, 2.75) is 25.9 Å². The van der Waals surface area contributed by atoms with Crippen LogP contribution in [0.4, 0.5) is 0 Å². The van der Waals surface area contributed by atoms with Gasteiger partial charge >= 0.3 is 0 Å². The molecular weight excluding hydrogens is 516 g/mol. The molecule has 0 aromatic heterocycles. The van der Waals surface area contributed by atoms with Crippen LogP contribution >= 0.6 is 0 Å². The average molecular weight is 553 g/mol. The van der Waals surface area contributed by atoms with E-state index in [4.69, 9.17) is 23.7 Å². The van der Waals surface area contributed by atoms with Crippen LogP contribution in [0.2, 0.25) is 0 Å². The van der Waals surface area contributed by atoms with E-state index in [1.807, 2.05) is 60.7 Å². The zero-order valence-corrected chi connectivity index (χ0v) is 24.6. The number of aliphatic hydroxyl groups excluding tert-OH is 1. The Bertz CT molecular complexity index is 1720. The van der Waals surface area contributed by atoms with E-state index in [2.05, 4.69) is 26.0 Å². The van der Waals surface area contributed by atoms with Crippen LogP contribution in [0.15, 0.2) is 72.8 Å². The molecule has 1 atom stereocenters. The van der Waals surface area contributed by atoms with Gasteiger partial charge in [-0.3, -0.25) is 0 Å². The van der Waals surface area contributed by atoms with Crippen LogP contribution in [0.5, 0.6) is 28.7 Å². The molecule has 0 spiro atoms. The second-order valence-electron chi connectivity index (χ2n) is 10.1. The molecule has 0 saturated heterocycles. The van der Waals surface area contributed by atoms with Gasteiger partial charge in [0, 0.05) is 27.6 Å². The largest absolute Gasteiger partial charge is 0.496 e. The molecule has 5 aromatic carbocycles. The fourth-order valence-corrected chi connectivity index (χ4v) is 5.93. The first-order valence-corrected chi connectivity index (χ1v) is 13.6. The molecule has 1 N–H and O–H groups in total. The summed E-state index contributed by atoms with van der Waals surface area (Å²) in [5, 5.41) is 16.1. The van der Waals surface area contributed by atoms with Gasteiger partial charge in [-0.25, -0.2) is 0 Å². The number of fused-ring (bicyclic) bond motifs is 2. The Morgan fingerprint density at radius 1 is 0.512 bits per heavy atom. The molecule has 0 radical (unpaired) electrons. The Morgan fingerprint density at radius 2 is 1.10 bits per heavy atom. The van der Waals surface area contributed by atoms with Crippen molar-refractivity contribution in [3.05, 3.63) is 89.5 Å². The summed E-state index contributed by atoms with van der Waals surface area (Å²) < 4.78 is 29.7. The number of rotatable bonds is 9. The quantitative estimate of drug-likeness (QED) is 0.200. The minimum absolute atomic E-state index is 0.0861. The van der Waals surface area contributed by atoms with Crippen LogP contribution < -0.4 is 23.7 Å². The molecule has 5 rings (SSSR count). The maximum absolute atomic E-state index is 12.3. The summed E-state index contributed by atoms with van der Waals surface area (Å²) in [6.07, 6.45) is -1.15. The van der Waals surface area contributed by atoms with Crippen LogP contribution in [0.1, 0.15) is 42.6 Å². The third kappa shape index (κ3) is 4.58. The van der Waals surface area contributed by atoms with Crippen molar-refractivity contribution in [1.82, 2.24) is 0 Å². The summed E-state index contributed by atoms with van der Waals surface area (Å²) in [5.41, 5.74) is 3.64. The lowest BCUT2D eigenvalue weighted by molar-refractivity contribution is 0.204. The van der Waals surface area contributed by atoms with Crippen LogP contribution in [0.3, 0.4) is 0 Å². The number of benzene rings is 5. The smallest absolute Gasteiger partial charge is 0.137 e. The van der Waals surface area contributed by atoms with Crippen LogP contribution in [0.25, 0.3) is 32.7 Å². The van der Waals surface area contributed by atoms with Crippen LogP contribution in [0, 0.1) is 0 Å². The van der Waals surface area contributed by atoms with E-state index < -0.39 is 6.10 Å². The van der Waals surface area contributed by atoms with Crippen molar-refractivity contribution in [1.29, 1.82) is 0 Å². The number of hydrogen-bond acceptors (Lipinski definition) is 6. The molecule has 0 unspecified atom stereocenters. The zero-order chi connectivity index (χ0) is 29.3. The minimum Gasteiger partial charge on any atom is -0.496 e. The van der Waals surface area contributed by atoms with Gasteiger partial charge in [0.2, 0.25) is 0 Å². The molecule has 6 nitrogen and oxygen atoms in total. The van der Waals surface area contributed by atoms with Gasteiger partial charge in [-0.1, -0.05) is 68.4 Å². The highest BCUT2D eigenvalue weighted by atomic mass is 16.5. The van der Waals surface area contributed by atoms with E-state index in [9.17, 15) is 5.11 Å². The van der Waals surface area contributed by atoms with Crippen molar-refractivity contribution in [3.8, 4) is 39.9 Å². The van der Waals surface area contributed by atoms with Gasteiger partial charge in [0.1, 0.15) is 34.9 Å². The average Bonchev–Trinajstić information content (AvgIpc) is 3.01. The van der Waals surface area contributed by atoms with Crippen molar-refractivity contribution in [2.75, 3.05) is 35.5 Å². The molecule has 6 heteroatoms. The van der Waals surface area contributed by atoms with Gasteiger partial charge in [0.25, 0.3) is 0 Å². The third-order valence-corrected chi connectivity index (χ3v) is 7.68. The first kappa shape index (κ1) is 28.1. The van der Waals surface area contributed by atoms with Crippen molar-refractivity contribution in [2.24, 2.45) is 0 Å². The molecule has 0 heterocycles. The predicted octanol–water partition coefficient (Wildman–Crippen LogP) is 7.91. The summed E-state index contributed by atoms with van der Waals surface area (Å²) in [4.78, 5) is 0. The SMILES string of the molecule is COc1ccc([C@@H](O)c2c(OC)c(-c3c(OC)ccc4ccccc34)c3ccccc3c2OC)c(OC)c1C(C)C. The molecule has 41 heavy (non-hydrogen) atoms. The maximum atomic E-state index is 12.3. The first-order chi connectivity index (χ1) is 19.9. The van der Waals surface area contributed by atoms with Gasteiger partial charge in [-0.15, -0.1) is 0 Å². The minimum atomic E-state index is -1.15. The Labute approximate surface area is 241 Å². The molecule has 0 aliphatic carbocycles. The van der Waals surface area contributed by atoms with E-state index in [-0.39, 0.29) is 5.92 Å². The molecule has 0 bridgehead atoms. The van der Waals surface area contributed by atoms with Gasteiger partial charge in [0.15, 0.2) is 0 Å². The molecular formula is C35H36O6. The van der Waals surface area contributed by atoms with Gasteiger partial charge in [0.05, 0.1) is 41.1 Å². The van der Waals surface area contributed by atoms with Gasteiger partial charge in [-0.05, 0) is 40.3 Å². The number of aliphatic hydroxyl groups is 1. The summed E-state index contributed by atoms with van der Waals surface area (Å²) >= 11 is 0. The summed E-state index contributed by atoms with van der Waals surface area (Å²) in [6, 6.07) is 23.9. The monoisotopic (exact) mass is 552 g/mol. The Balaban J connectivity index is 1.94. The molecule has 0 amide bonds. The lowest BCUT2D eigenvalue weighted by Crippen LogP contribution is -2.11. The fraction of sp³-hybridized carbons (Fsp3) is 0.257. The molecule has 0 saturated carbocycles. The van der Waals surface area contributed by atoms with Crippen LogP contribution in [-0.2, 0) is 0 Å². The van der Waals surface area contributed by atoms with Crippen molar-refractivity contribution in [3.63, 3.8) is 0 Å². The second-order valence-corrected chi connectivity index (χ2v) is 10.1. The van der Waals surface area contributed by atoms with Gasteiger partial charge < -0.3 is 28.8 Å². The highest BCUT2D eigenvalue weighted by Crippen LogP contribution is 2.54. The second kappa shape index (κ2) is 11.6. The highest BCUT2D eigenvalue weighted by molar-refractivity contribution is 6.12. The summed E-state index contributed by atoms with van der Waals surface area (Å²) in [6.45, 7) is 4.14. The van der Waals surface area contributed by atoms with E-state index >= 15 is 0 Å². The Kier molecular flexibility index (Phi) is 7.95. The maximum Gasteiger partial charge on any atom is 0.137 e. The van der Waals surface area contributed by atoms with E-state index in [1.165, 1.54) is 0 Å². The Hall–Kier alpha value is -4.42. The standard InChI is InChI=1S/C35H36O6/c1-20(2)28-26(37-3)19-17-25(34(28)40-6)32(36)31-33(39-5)24-15-11-10-14-23(24)30(35(31)41-7)29-22-13-9-8-12-21(22)16-18-27(29)38-4/h8-20,32,36H,1-7H3/t32-/m1/s1. The van der Waals surface area contributed by atoms with Gasteiger partial charge in [-0.2, -0.15) is 0 Å². The van der Waals surface area contributed by atoms with Crippen molar-refractivity contribution < 1.29 is 28.8 Å². The number of methoxy groups -OCH3 is 5. The zero-order valence-electron chi connectivity index (χ0n) is 24.6. The van der Waals surface area contributed by atoms with Crippen molar-refractivity contribution >= 4 is 21.5 Å². The summed E-state index contributed by atoms with van der Waals surface area (Å²) in [5.74, 6) is 3.06. The lowest BCUT2D eigenvalue weighted by Gasteiger charge is -2.27. The predicted molar refractivity (Wildman–Crippen MR) is 164 cm³/mol. The molecule has 212 valence electrons. The molecule has 0 aliphatic rings. The molecule has 0 aliphatic heterocycles. The normalized spacial score (nSPS) is 12.0. The van der Waals surface area contributed by atoms with E-state index in [0.717, 1.165) is 38.2 Å². The van der Waals surface area contributed by atoms with E-state index in [1.54, 1.807) is 35.5 Å². The number of ether oxygens (including phenoxy) is 5. The Morgan fingerprint density at radius 3 is 1.71 bits per heavy atom. The topological polar surface area (TPSA) is 66.4 Å². The highest BCUT2D eigenvalue weighted by Gasteiger charge is 2.32. The lowest BCUT2D eigenvalue weighted by atomic mass is 9.86. The van der Waals surface area contributed by atoms with Crippen LogP contribution in [-0.4, -0.2) is 40.7 Å². The number of hydrogen-bond donors (Lipinski definition) is 1. The first-order valence-electron chi connectivity index (χ1n) is 13.6.